The van der Waals surface area contributed by atoms with E-state index in [0.29, 0.717) is 0 Å². The molecule has 0 fully saturated rings. The van der Waals surface area contributed by atoms with E-state index < -0.39 is 0 Å². The Bertz CT molecular complexity index is 538. The van der Waals surface area contributed by atoms with Gasteiger partial charge in [0.2, 0.25) is 0 Å². The first kappa shape index (κ1) is 15.6. The molecule has 100 valence electrons. The first-order chi connectivity index (χ1) is 8.70. The van der Waals surface area contributed by atoms with Gasteiger partial charge in [0.25, 0.3) is 0 Å². The molecule has 0 amide bonds. The summed E-state index contributed by atoms with van der Waals surface area (Å²) in [6.45, 7) is 0. The molecular weight excluding hydrogens is 302 g/mol. The number of carbonyl (C=O) groups excluding carboxylic acids is 1. The van der Waals surface area contributed by atoms with Gasteiger partial charge in [-0.2, -0.15) is 0 Å². The van der Waals surface area contributed by atoms with Gasteiger partial charge in [-0.1, -0.05) is 36.4 Å². The topological polar surface area (TPSA) is 21.5 Å². The highest BCUT2D eigenvalue weighted by molar-refractivity contribution is 5.81. The van der Waals surface area contributed by atoms with E-state index in [0.717, 1.165) is 24.0 Å². The average molecular weight is 320 g/mol. The van der Waals surface area contributed by atoms with Crippen molar-refractivity contribution in [1.29, 1.82) is 0 Å². The lowest BCUT2D eigenvalue weighted by molar-refractivity contribution is -0.786. The highest BCUT2D eigenvalue weighted by Gasteiger charge is 2.09. The maximum absolute atomic E-state index is 11.0. The van der Waals surface area contributed by atoms with E-state index in [9.17, 15) is 4.79 Å². The summed E-state index contributed by atoms with van der Waals surface area (Å²) < 4.78 is 0. The van der Waals surface area contributed by atoms with Gasteiger partial charge in [-0.05, 0) is 23.6 Å². The van der Waals surface area contributed by atoms with Crippen molar-refractivity contribution in [1.82, 2.24) is 0 Å². The number of halogens is 1. The van der Waals surface area contributed by atoms with Gasteiger partial charge < -0.3 is 21.9 Å². The normalized spacial score (nSPS) is 10.1. The van der Waals surface area contributed by atoms with E-state index in [1.807, 2.05) is 44.4 Å². The maximum atomic E-state index is 11.0. The molecule has 1 N–H and O–H groups in total. The van der Waals surface area contributed by atoms with E-state index in [1.165, 1.54) is 16.0 Å². The predicted octanol–water partition coefficient (Wildman–Crippen LogP) is -1.13. The summed E-state index contributed by atoms with van der Waals surface area (Å²) in [5.74, 6) is 0. The minimum Gasteiger partial charge on any atom is -1.00 e. The second kappa shape index (κ2) is 7.22. The molecule has 0 aliphatic heterocycles. The molecule has 2 aromatic carbocycles. The van der Waals surface area contributed by atoms with E-state index in [4.69, 9.17) is 0 Å². The molecule has 0 saturated carbocycles. The van der Waals surface area contributed by atoms with Crippen LogP contribution in [0.25, 0.3) is 0 Å². The van der Waals surface area contributed by atoms with Crippen LogP contribution in [-0.2, 0) is 6.42 Å². The average Bonchev–Trinajstić information content (AvgIpc) is 2.40. The molecular formula is C16H18BrNO. The lowest BCUT2D eigenvalue weighted by atomic mass is 10.0. The Morgan fingerprint density at radius 2 is 1.68 bits per heavy atom. The zero-order valence-electron chi connectivity index (χ0n) is 11.2. The summed E-state index contributed by atoms with van der Waals surface area (Å²) in [6, 6.07) is 16.4. The van der Waals surface area contributed by atoms with Crippen molar-refractivity contribution in [2.75, 3.05) is 14.1 Å². The van der Waals surface area contributed by atoms with Gasteiger partial charge in [-0.3, -0.25) is 4.79 Å². The molecule has 2 aromatic rings. The Hall–Kier alpha value is -1.45. The molecule has 2 rings (SSSR count). The van der Waals surface area contributed by atoms with E-state index >= 15 is 0 Å². The quantitative estimate of drug-likeness (QED) is 0.708. The summed E-state index contributed by atoms with van der Waals surface area (Å²) >= 11 is 0. The molecule has 0 unspecified atom stereocenters. The first-order valence-electron chi connectivity index (χ1n) is 6.13. The smallest absolute Gasteiger partial charge is 0.156 e. The molecule has 2 nitrogen and oxygen atoms in total. The fraction of sp³-hybridized carbons (Fsp3) is 0.188. The third kappa shape index (κ3) is 4.01. The SMILES string of the molecule is C[NH+](C)c1cc(Cc2ccccc2)ccc1C=O.[Br-]. The van der Waals surface area contributed by atoms with Crippen LogP contribution in [0.3, 0.4) is 0 Å². The number of benzene rings is 2. The minimum absolute atomic E-state index is 0. The van der Waals surface area contributed by atoms with Gasteiger partial charge in [-0.25, -0.2) is 0 Å². The Morgan fingerprint density at radius 1 is 1.00 bits per heavy atom. The number of hydrogen-bond donors (Lipinski definition) is 1. The van der Waals surface area contributed by atoms with Crippen LogP contribution in [0.5, 0.6) is 0 Å². The number of quaternary nitrogens is 1. The summed E-state index contributed by atoms with van der Waals surface area (Å²) in [6.07, 6.45) is 1.83. The van der Waals surface area contributed by atoms with Gasteiger partial charge in [0.15, 0.2) is 6.29 Å². The predicted molar refractivity (Wildman–Crippen MR) is 73.5 cm³/mol. The fourth-order valence-corrected chi connectivity index (χ4v) is 2.08. The van der Waals surface area contributed by atoms with Crippen molar-refractivity contribution in [3.05, 3.63) is 65.2 Å². The molecule has 0 heterocycles. The molecule has 0 atom stereocenters. The van der Waals surface area contributed by atoms with Crippen molar-refractivity contribution >= 4 is 12.0 Å². The van der Waals surface area contributed by atoms with Crippen LogP contribution in [0.15, 0.2) is 48.5 Å². The molecule has 0 saturated heterocycles. The number of hydrogen-bond acceptors (Lipinski definition) is 1. The zero-order valence-corrected chi connectivity index (χ0v) is 12.8. The Kier molecular flexibility index (Phi) is 5.93. The van der Waals surface area contributed by atoms with Crippen molar-refractivity contribution in [2.45, 2.75) is 6.42 Å². The monoisotopic (exact) mass is 319 g/mol. The van der Waals surface area contributed by atoms with Crippen LogP contribution in [0.4, 0.5) is 5.69 Å². The second-order valence-corrected chi connectivity index (χ2v) is 4.70. The van der Waals surface area contributed by atoms with Crippen LogP contribution in [0, 0.1) is 0 Å². The lowest BCUT2D eigenvalue weighted by Gasteiger charge is -2.11. The van der Waals surface area contributed by atoms with Gasteiger partial charge in [0, 0.05) is 6.07 Å². The lowest BCUT2D eigenvalue weighted by Crippen LogP contribution is -3.00. The van der Waals surface area contributed by atoms with Crippen molar-refractivity contribution in [2.24, 2.45) is 0 Å². The Balaban J connectivity index is 0.00000180. The largest absolute Gasteiger partial charge is 1.00 e. The molecule has 0 aliphatic carbocycles. The van der Waals surface area contributed by atoms with Crippen molar-refractivity contribution in [3.63, 3.8) is 0 Å². The fourth-order valence-electron chi connectivity index (χ4n) is 2.08. The van der Waals surface area contributed by atoms with Gasteiger partial charge in [0.05, 0.1) is 19.7 Å². The van der Waals surface area contributed by atoms with Crippen LogP contribution in [0.2, 0.25) is 0 Å². The number of aldehydes is 1. The third-order valence-corrected chi connectivity index (χ3v) is 3.03. The molecule has 0 radical (unpaired) electrons. The standard InChI is InChI=1S/C16H17NO.BrH/c1-17(2)16-11-14(8-9-15(16)12-18)10-13-6-4-3-5-7-13;/h3-9,11-12H,10H2,1-2H3;1H. The summed E-state index contributed by atoms with van der Waals surface area (Å²) in [4.78, 5) is 12.2. The second-order valence-electron chi connectivity index (χ2n) is 4.70. The van der Waals surface area contributed by atoms with E-state index in [1.54, 1.807) is 0 Å². The molecule has 19 heavy (non-hydrogen) atoms. The molecule has 0 aromatic heterocycles. The third-order valence-electron chi connectivity index (χ3n) is 3.03. The Labute approximate surface area is 124 Å². The van der Waals surface area contributed by atoms with Crippen molar-refractivity contribution in [3.8, 4) is 0 Å². The highest BCUT2D eigenvalue weighted by atomic mass is 79.9. The first-order valence-corrected chi connectivity index (χ1v) is 6.13. The number of nitrogens with one attached hydrogen (secondary N) is 1. The van der Waals surface area contributed by atoms with Crippen LogP contribution < -0.4 is 21.9 Å². The molecule has 3 heteroatoms. The van der Waals surface area contributed by atoms with Gasteiger partial charge in [-0.15, -0.1) is 0 Å². The molecule has 0 spiro atoms. The number of carbonyl (C=O) groups is 1. The summed E-state index contributed by atoms with van der Waals surface area (Å²) in [5, 5.41) is 0. The molecule has 0 bridgehead atoms. The highest BCUT2D eigenvalue weighted by Crippen LogP contribution is 2.15. The van der Waals surface area contributed by atoms with Crippen molar-refractivity contribution < 1.29 is 26.7 Å². The van der Waals surface area contributed by atoms with E-state index in [2.05, 4.69) is 18.2 Å². The van der Waals surface area contributed by atoms with Crippen LogP contribution in [-0.4, -0.2) is 20.4 Å². The summed E-state index contributed by atoms with van der Waals surface area (Å²) in [7, 11) is 4.07. The van der Waals surface area contributed by atoms with E-state index in [-0.39, 0.29) is 17.0 Å². The van der Waals surface area contributed by atoms with Crippen LogP contribution in [0.1, 0.15) is 21.5 Å². The molecule has 0 aliphatic rings. The van der Waals surface area contributed by atoms with Crippen LogP contribution >= 0.6 is 0 Å². The Morgan fingerprint density at radius 3 is 2.26 bits per heavy atom. The minimum atomic E-state index is 0. The zero-order chi connectivity index (χ0) is 13.0. The number of rotatable bonds is 4. The van der Waals surface area contributed by atoms with Gasteiger partial charge in [0.1, 0.15) is 5.69 Å². The summed E-state index contributed by atoms with van der Waals surface area (Å²) in [5.41, 5.74) is 4.35. The maximum Gasteiger partial charge on any atom is 0.156 e. The van der Waals surface area contributed by atoms with Gasteiger partial charge >= 0.3 is 0 Å².